The van der Waals surface area contributed by atoms with Gasteiger partial charge in [-0.3, -0.25) is 23.9 Å². The van der Waals surface area contributed by atoms with Crippen LogP contribution in [0.4, 0.5) is 0 Å². The van der Waals surface area contributed by atoms with E-state index in [1.54, 1.807) is 36.1 Å². The number of para-hydroxylation sites is 2. The molecule has 0 spiro atoms. The van der Waals surface area contributed by atoms with Crippen molar-refractivity contribution >= 4 is 28.5 Å². The maximum Gasteiger partial charge on any atom is 0.333 e. The highest BCUT2D eigenvalue weighted by molar-refractivity contribution is 6.30. The topological polar surface area (TPSA) is 108 Å². The second-order valence-corrected chi connectivity index (χ2v) is 10.4. The molecule has 4 aromatic heterocycles. The Bertz CT molecular complexity index is 1680. The number of imidazole rings is 1. The molecule has 0 saturated heterocycles. The number of carbonyl (C=O) groups excluding carboxylic acids is 1. The SMILES string of the molecule is Cc1ncc(Cl)cc1C(=O)N[C@H]1CC[C@H](Cn2c(=O)n(-c3ccc(-c4cnco4)nc3)c3ccccc32)CC1. The minimum absolute atomic E-state index is 0.0825. The van der Waals surface area contributed by atoms with Crippen molar-refractivity contribution < 1.29 is 9.21 Å². The van der Waals surface area contributed by atoms with E-state index >= 15 is 0 Å². The largest absolute Gasteiger partial charge is 0.442 e. The van der Waals surface area contributed by atoms with Gasteiger partial charge in [0.05, 0.1) is 45.4 Å². The van der Waals surface area contributed by atoms with Gasteiger partial charge >= 0.3 is 5.69 Å². The van der Waals surface area contributed by atoms with E-state index in [1.165, 1.54) is 6.39 Å². The predicted molar refractivity (Wildman–Crippen MR) is 148 cm³/mol. The molecule has 0 aliphatic heterocycles. The number of carbonyl (C=O) groups is 1. The molecule has 1 aliphatic rings. The van der Waals surface area contributed by atoms with Crippen molar-refractivity contribution in [1.29, 1.82) is 0 Å². The number of oxazole rings is 1. The molecule has 0 radical (unpaired) electrons. The minimum atomic E-state index is -0.145. The summed E-state index contributed by atoms with van der Waals surface area (Å²) in [5.74, 6) is 0.757. The lowest BCUT2D eigenvalue weighted by atomic mass is 9.85. The Morgan fingerprint density at radius 3 is 2.56 bits per heavy atom. The predicted octanol–water partition coefficient (Wildman–Crippen LogP) is 5.19. The second kappa shape index (κ2) is 10.5. The smallest absolute Gasteiger partial charge is 0.333 e. The van der Waals surface area contributed by atoms with Crippen LogP contribution in [0.3, 0.4) is 0 Å². The molecule has 1 N–H and O–H groups in total. The Hall–Kier alpha value is -4.24. The summed E-state index contributed by atoms with van der Waals surface area (Å²) >= 11 is 6.04. The van der Waals surface area contributed by atoms with Gasteiger partial charge in [-0.15, -0.1) is 0 Å². The van der Waals surface area contributed by atoms with Crippen LogP contribution in [0, 0.1) is 12.8 Å². The van der Waals surface area contributed by atoms with Gasteiger partial charge in [0.1, 0.15) is 5.69 Å². The molecule has 1 fully saturated rings. The van der Waals surface area contributed by atoms with Crippen molar-refractivity contribution in [2.75, 3.05) is 0 Å². The Morgan fingerprint density at radius 1 is 1.05 bits per heavy atom. The van der Waals surface area contributed by atoms with Gasteiger partial charge in [0, 0.05) is 18.8 Å². The molecule has 0 atom stereocenters. The first-order valence-corrected chi connectivity index (χ1v) is 13.3. The number of nitrogens with zero attached hydrogens (tertiary/aromatic N) is 5. The first kappa shape index (κ1) is 25.1. The highest BCUT2D eigenvalue weighted by Crippen LogP contribution is 2.28. The first-order valence-electron chi connectivity index (χ1n) is 13.0. The molecule has 198 valence electrons. The van der Waals surface area contributed by atoms with Crippen molar-refractivity contribution in [2.24, 2.45) is 5.92 Å². The number of amides is 1. The van der Waals surface area contributed by atoms with Crippen molar-refractivity contribution in [3.05, 3.63) is 94.2 Å². The molecule has 10 heteroatoms. The first-order chi connectivity index (χ1) is 19.0. The van der Waals surface area contributed by atoms with Crippen LogP contribution < -0.4 is 11.0 Å². The fourth-order valence-corrected chi connectivity index (χ4v) is 5.55. The number of aryl methyl sites for hydroxylation is 1. The fourth-order valence-electron chi connectivity index (χ4n) is 5.39. The monoisotopic (exact) mass is 542 g/mol. The van der Waals surface area contributed by atoms with E-state index in [2.05, 4.69) is 20.3 Å². The molecular formula is C29H27ClN6O3. The van der Waals surface area contributed by atoms with E-state index in [4.69, 9.17) is 16.0 Å². The van der Waals surface area contributed by atoms with Crippen molar-refractivity contribution in [1.82, 2.24) is 29.4 Å². The number of fused-ring (bicyclic) bond motifs is 1. The number of aromatic nitrogens is 5. The van der Waals surface area contributed by atoms with Crippen molar-refractivity contribution in [3.8, 4) is 17.1 Å². The average molecular weight is 543 g/mol. The highest BCUT2D eigenvalue weighted by atomic mass is 35.5. The van der Waals surface area contributed by atoms with E-state index < -0.39 is 0 Å². The van der Waals surface area contributed by atoms with Gasteiger partial charge in [-0.2, -0.15) is 0 Å². The normalized spacial score (nSPS) is 17.4. The quantitative estimate of drug-likeness (QED) is 0.316. The molecule has 0 bridgehead atoms. The third kappa shape index (κ3) is 4.97. The summed E-state index contributed by atoms with van der Waals surface area (Å²) in [6.07, 6.45) is 9.73. The number of rotatable bonds is 6. The fraction of sp³-hybridized carbons (Fsp3) is 0.276. The van der Waals surface area contributed by atoms with Crippen LogP contribution in [-0.2, 0) is 6.54 Å². The third-order valence-electron chi connectivity index (χ3n) is 7.45. The summed E-state index contributed by atoms with van der Waals surface area (Å²) in [4.78, 5) is 39.1. The lowest BCUT2D eigenvalue weighted by Gasteiger charge is -2.29. The maximum atomic E-state index is 13.7. The number of nitrogens with one attached hydrogen (secondary N) is 1. The second-order valence-electron chi connectivity index (χ2n) is 9.96. The highest BCUT2D eigenvalue weighted by Gasteiger charge is 2.26. The number of pyridine rings is 2. The number of hydrogen-bond donors (Lipinski definition) is 1. The molecule has 1 aromatic carbocycles. The van der Waals surface area contributed by atoms with E-state index in [0.717, 1.165) is 36.7 Å². The zero-order valence-corrected chi connectivity index (χ0v) is 22.1. The van der Waals surface area contributed by atoms with E-state index in [1.807, 2.05) is 41.0 Å². The summed E-state index contributed by atoms with van der Waals surface area (Å²) < 4.78 is 8.90. The minimum Gasteiger partial charge on any atom is -0.442 e. The van der Waals surface area contributed by atoms with E-state index in [9.17, 15) is 9.59 Å². The Morgan fingerprint density at radius 2 is 1.85 bits per heavy atom. The van der Waals surface area contributed by atoms with Crippen LogP contribution in [0.2, 0.25) is 5.02 Å². The summed E-state index contributed by atoms with van der Waals surface area (Å²) in [6, 6.07) is 13.3. The summed E-state index contributed by atoms with van der Waals surface area (Å²) in [5, 5.41) is 3.59. The summed E-state index contributed by atoms with van der Waals surface area (Å²) in [5.41, 5.74) is 4.14. The van der Waals surface area contributed by atoms with Gasteiger partial charge < -0.3 is 9.73 Å². The number of halogens is 1. The summed E-state index contributed by atoms with van der Waals surface area (Å²) in [7, 11) is 0. The zero-order valence-electron chi connectivity index (χ0n) is 21.4. The van der Waals surface area contributed by atoms with Gasteiger partial charge in [-0.25, -0.2) is 9.78 Å². The molecule has 4 heterocycles. The molecular weight excluding hydrogens is 516 g/mol. The van der Waals surface area contributed by atoms with Crippen molar-refractivity contribution in [3.63, 3.8) is 0 Å². The average Bonchev–Trinajstić information content (AvgIpc) is 3.58. The van der Waals surface area contributed by atoms with Crippen LogP contribution in [0.25, 0.3) is 28.2 Å². The Labute approximate surface area is 229 Å². The lowest BCUT2D eigenvalue weighted by molar-refractivity contribution is 0.0919. The maximum absolute atomic E-state index is 13.7. The molecule has 1 amide bonds. The molecule has 5 aromatic rings. The van der Waals surface area contributed by atoms with Gasteiger partial charge in [-0.05, 0) is 68.9 Å². The standard InChI is InChI=1S/C29H27ClN6O3/c1-18-23(12-20(30)13-32-18)28(37)34-21-8-6-19(7-9-21)16-35-25-4-2-3-5-26(25)36(29(35)38)22-10-11-24(33-14-22)27-15-31-17-39-27/h2-5,10-15,17,19,21H,6-9,16H2,1H3,(H,34,37)/t19-,21-. The van der Waals surface area contributed by atoms with Crippen LogP contribution in [0.15, 0.2) is 76.7 Å². The van der Waals surface area contributed by atoms with Gasteiger partial charge in [0.25, 0.3) is 5.91 Å². The van der Waals surface area contributed by atoms with E-state index in [0.29, 0.717) is 45.9 Å². The molecule has 39 heavy (non-hydrogen) atoms. The van der Waals surface area contributed by atoms with Gasteiger partial charge in [0.15, 0.2) is 12.2 Å². The zero-order chi connectivity index (χ0) is 26.9. The molecule has 9 nitrogen and oxygen atoms in total. The third-order valence-corrected chi connectivity index (χ3v) is 7.65. The van der Waals surface area contributed by atoms with Gasteiger partial charge in [-0.1, -0.05) is 23.7 Å². The lowest BCUT2D eigenvalue weighted by Crippen LogP contribution is -2.39. The van der Waals surface area contributed by atoms with Crippen molar-refractivity contribution in [2.45, 2.75) is 45.2 Å². The van der Waals surface area contributed by atoms with Crippen LogP contribution >= 0.6 is 11.6 Å². The molecule has 0 unspecified atom stereocenters. The molecule has 1 aliphatic carbocycles. The van der Waals surface area contributed by atoms with Gasteiger partial charge in [0.2, 0.25) is 0 Å². The van der Waals surface area contributed by atoms with E-state index in [-0.39, 0.29) is 17.6 Å². The molecule has 1 saturated carbocycles. The number of hydrogen-bond acceptors (Lipinski definition) is 6. The van der Waals surface area contributed by atoms with Crippen LogP contribution in [0.5, 0.6) is 0 Å². The summed E-state index contributed by atoms with van der Waals surface area (Å²) in [6.45, 7) is 2.42. The van der Waals surface area contributed by atoms with Crippen LogP contribution in [0.1, 0.15) is 41.7 Å². The Balaban J connectivity index is 1.18. The molecule has 6 rings (SSSR count). The number of benzene rings is 1. The Kier molecular flexibility index (Phi) is 6.74. The van der Waals surface area contributed by atoms with Crippen LogP contribution in [-0.4, -0.2) is 36.0 Å².